The van der Waals surface area contributed by atoms with Crippen LogP contribution in [-0.4, -0.2) is 31.7 Å². The molecule has 1 aromatic carbocycles. The zero-order valence-electron chi connectivity index (χ0n) is 13.5. The van der Waals surface area contributed by atoms with E-state index >= 15 is 0 Å². The molecule has 1 N–H and O–H groups in total. The van der Waals surface area contributed by atoms with Crippen molar-refractivity contribution in [2.75, 3.05) is 20.8 Å². The van der Waals surface area contributed by atoms with Crippen LogP contribution in [0.5, 0.6) is 17.4 Å². The first kappa shape index (κ1) is 16.6. The number of benzene rings is 1. The highest BCUT2D eigenvalue weighted by Gasteiger charge is 2.11. The summed E-state index contributed by atoms with van der Waals surface area (Å²) in [7, 11) is 3.10. The summed E-state index contributed by atoms with van der Waals surface area (Å²) in [6.45, 7) is 2.81. The van der Waals surface area contributed by atoms with Gasteiger partial charge in [0.25, 0.3) is 5.91 Å². The molecule has 0 aliphatic rings. The molecule has 6 nitrogen and oxygen atoms in total. The molecule has 1 heterocycles. The van der Waals surface area contributed by atoms with E-state index in [4.69, 9.17) is 14.2 Å². The van der Waals surface area contributed by atoms with Crippen LogP contribution >= 0.6 is 0 Å². The molecular formula is C17H20N2O4. The zero-order valence-corrected chi connectivity index (χ0v) is 13.5. The molecule has 1 amide bonds. The summed E-state index contributed by atoms with van der Waals surface area (Å²) in [6, 6.07) is 8.69. The van der Waals surface area contributed by atoms with Gasteiger partial charge in [0.05, 0.1) is 20.8 Å². The van der Waals surface area contributed by atoms with Gasteiger partial charge in [-0.05, 0) is 30.7 Å². The van der Waals surface area contributed by atoms with Crippen LogP contribution in [0.15, 0.2) is 36.5 Å². The minimum Gasteiger partial charge on any atom is -0.493 e. The molecule has 0 saturated carbocycles. The maximum Gasteiger partial charge on any atom is 0.251 e. The first-order chi connectivity index (χ1) is 11.2. The van der Waals surface area contributed by atoms with Gasteiger partial charge in [0.15, 0.2) is 11.5 Å². The Hall–Kier alpha value is -2.76. The summed E-state index contributed by atoms with van der Waals surface area (Å²) in [5, 5.41) is 2.84. The summed E-state index contributed by atoms with van der Waals surface area (Å²) >= 11 is 0. The molecule has 23 heavy (non-hydrogen) atoms. The van der Waals surface area contributed by atoms with Crippen molar-refractivity contribution in [1.29, 1.82) is 0 Å². The van der Waals surface area contributed by atoms with E-state index in [0.29, 0.717) is 36.1 Å². The monoisotopic (exact) mass is 316 g/mol. The van der Waals surface area contributed by atoms with Gasteiger partial charge in [-0.15, -0.1) is 0 Å². The Kier molecular flexibility index (Phi) is 5.80. The molecule has 6 heteroatoms. The second-order valence-electron chi connectivity index (χ2n) is 4.69. The lowest BCUT2D eigenvalue weighted by Crippen LogP contribution is -2.22. The largest absolute Gasteiger partial charge is 0.493 e. The number of ether oxygens (including phenoxy) is 3. The van der Waals surface area contributed by atoms with Gasteiger partial charge in [-0.1, -0.05) is 6.07 Å². The minimum atomic E-state index is -0.192. The third kappa shape index (κ3) is 4.35. The van der Waals surface area contributed by atoms with Crippen LogP contribution in [-0.2, 0) is 6.54 Å². The van der Waals surface area contributed by atoms with Gasteiger partial charge in [-0.3, -0.25) is 4.79 Å². The second kappa shape index (κ2) is 8.03. The molecule has 0 aliphatic heterocycles. The van der Waals surface area contributed by atoms with Crippen LogP contribution in [0.2, 0.25) is 0 Å². The number of carbonyl (C=O) groups is 1. The number of aromatic nitrogens is 1. The highest BCUT2D eigenvalue weighted by atomic mass is 16.5. The molecule has 0 aliphatic carbocycles. The molecule has 2 rings (SSSR count). The van der Waals surface area contributed by atoms with E-state index in [1.54, 1.807) is 44.7 Å². The SMILES string of the molecule is CCOc1ccc(C(=O)NCc2ccc(OC)nc2)cc1OC. The summed E-state index contributed by atoms with van der Waals surface area (Å²) in [6.07, 6.45) is 1.66. The Bertz CT molecular complexity index is 656. The molecular weight excluding hydrogens is 296 g/mol. The highest BCUT2D eigenvalue weighted by Crippen LogP contribution is 2.28. The van der Waals surface area contributed by atoms with E-state index in [1.807, 2.05) is 13.0 Å². The normalized spacial score (nSPS) is 10.0. The average molecular weight is 316 g/mol. The van der Waals surface area contributed by atoms with E-state index in [9.17, 15) is 4.79 Å². The number of nitrogens with zero attached hydrogens (tertiary/aromatic N) is 1. The van der Waals surface area contributed by atoms with Crippen LogP contribution < -0.4 is 19.5 Å². The fourth-order valence-corrected chi connectivity index (χ4v) is 2.00. The Labute approximate surface area is 135 Å². The fraction of sp³-hybridized carbons (Fsp3) is 0.294. The number of nitrogens with one attached hydrogen (secondary N) is 1. The summed E-state index contributed by atoms with van der Waals surface area (Å²) < 4.78 is 15.7. The number of pyridine rings is 1. The minimum absolute atomic E-state index is 0.192. The van der Waals surface area contributed by atoms with Crippen LogP contribution in [0.1, 0.15) is 22.8 Å². The van der Waals surface area contributed by atoms with Gasteiger partial charge < -0.3 is 19.5 Å². The van der Waals surface area contributed by atoms with E-state index in [2.05, 4.69) is 10.3 Å². The van der Waals surface area contributed by atoms with Crippen molar-refractivity contribution in [2.45, 2.75) is 13.5 Å². The van der Waals surface area contributed by atoms with Gasteiger partial charge in [0.1, 0.15) is 0 Å². The lowest BCUT2D eigenvalue weighted by atomic mass is 10.2. The third-order valence-corrected chi connectivity index (χ3v) is 3.19. The van der Waals surface area contributed by atoms with Crippen molar-refractivity contribution < 1.29 is 19.0 Å². The second-order valence-corrected chi connectivity index (χ2v) is 4.69. The van der Waals surface area contributed by atoms with Crippen molar-refractivity contribution in [3.63, 3.8) is 0 Å². The van der Waals surface area contributed by atoms with Crippen molar-refractivity contribution in [3.8, 4) is 17.4 Å². The van der Waals surface area contributed by atoms with Gasteiger partial charge in [0, 0.05) is 24.4 Å². The molecule has 0 spiro atoms. The molecule has 0 unspecified atom stereocenters. The summed E-state index contributed by atoms with van der Waals surface area (Å²) in [4.78, 5) is 16.3. The van der Waals surface area contributed by atoms with Gasteiger partial charge >= 0.3 is 0 Å². The molecule has 0 bridgehead atoms. The average Bonchev–Trinajstić information content (AvgIpc) is 2.60. The van der Waals surface area contributed by atoms with Crippen molar-refractivity contribution in [3.05, 3.63) is 47.7 Å². The topological polar surface area (TPSA) is 69.7 Å². The van der Waals surface area contributed by atoms with Crippen LogP contribution in [0.4, 0.5) is 0 Å². The van der Waals surface area contributed by atoms with Crippen LogP contribution in [0.3, 0.4) is 0 Å². The molecule has 2 aromatic rings. The Morgan fingerprint density at radius 2 is 1.96 bits per heavy atom. The van der Waals surface area contributed by atoms with Crippen molar-refractivity contribution in [2.24, 2.45) is 0 Å². The molecule has 1 aromatic heterocycles. The van der Waals surface area contributed by atoms with E-state index in [-0.39, 0.29) is 5.91 Å². The van der Waals surface area contributed by atoms with E-state index in [1.165, 1.54) is 0 Å². The zero-order chi connectivity index (χ0) is 16.7. The quantitative estimate of drug-likeness (QED) is 0.849. The summed E-state index contributed by atoms with van der Waals surface area (Å²) in [5.74, 6) is 1.50. The number of hydrogen-bond donors (Lipinski definition) is 1. The Morgan fingerprint density at radius 3 is 2.57 bits per heavy atom. The van der Waals surface area contributed by atoms with Gasteiger partial charge in [0.2, 0.25) is 5.88 Å². The van der Waals surface area contributed by atoms with E-state index < -0.39 is 0 Å². The highest BCUT2D eigenvalue weighted by molar-refractivity contribution is 5.94. The maximum atomic E-state index is 12.2. The molecule has 0 atom stereocenters. The molecule has 0 fully saturated rings. The smallest absolute Gasteiger partial charge is 0.251 e. The van der Waals surface area contributed by atoms with E-state index in [0.717, 1.165) is 5.56 Å². The predicted octanol–water partition coefficient (Wildman–Crippen LogP) is 2.43. The number of carbonyl (C=O) groups excluding carboxylic acids is 1. The van der Waals surface area contributed by atoms with Crippen LogP contribution in [0.25, 0.3) is 0 Å². The van der Waals surface area contributed by atoms with Gasteiger partial charge in [-0.2, -0.15) is 0 Å². The molecule has 0 saturated heterocycles. The Balaban J connectivity index is 2.02. The fourth-order valence-electron chi connectivity index (χ4n) is 2.00. The number of methoxy groups -OCH3 is 2. The lowest BCUT2D eigenvalue weighted by Gasteiger charge is -2.11. The molecule has 0 radical (unpaired) electrons. The van der Waals surface area contributed by atoms with Gasteiger partial charge in [-0.25, -0.2) is 4.98 Å². The summed E-state index contributed by atoms with van der Waals surface area (Å²) in [5.41, 5.74) is 1.39. The third-order valence-electron chi connectivity index (χ3n) is 3.19. The lowest BCUT2D eigenvalue weighted by molar-refractivity contribution is 0.0950. The predicted molar refractivity (Wildman–Crippen MR) is 86.1 cm³/mol. The number of amides is 1. The molecule has 122 valence electrons. The van der Waals surface area contributed by atoms with Crippen LogP contribution in [0, 0.1) is 0 Å². The van der Waals surface area contributed by atoms with Crippen molar-refractivity contribution >= 4 is 5.91 Å². The first-order valence-corrected chi connectivity index (χ1v) is 7.26. The standard InChI is InChI=1S/C17H20N2O4/c1-4-23-14-7-6-13(9-15(14)21-2)17(20)19-11-12-5-8-16(22-3)18-10-12/h5-10H,4,11H2,1-3H3,(H,19,20). The maximum absolute atomic E-state index is 12.2. The Morgan fingerprint density at radius 1 is 1.13 bits per heavy atom. The van der Waals surface area contributed by atoms with Crippen molar-refractivity contribution in [1.82, 2.24) is 10.3 Å². The first-order valence-electron chi connectivity index (χ1n) is 7.26. The number of rotatable bonds is 7. The number of hydrogen-bond acceptors (Lipinski definition) is 5.